The third-order valence-electron chi connectivity index (χ3n) is 3.01. The van der Waals surface area contributed by atoms with Crippen LogP contribution in [-0.2, 0) is 43.5 Å². The fourth-order valence-corrected chi connectivity index (χ4v) is 1.80. The summed E-state index contributed by atoms with van der Waals surface area (Å²) in [5.74, 6) is -1.22. The number of aromatic hydroxyl groups is 1. The van der Waals surface area contributed by atoms with E-state index >= 15 is 0 Å². The zero-order chi connectivity index (χ0) is 14.3. The van der Waals surface area contributed by atoms with E-state index in [0.717, 1.165) is 5.56 Å². The van der Waals surface area contributed by atoms with E-state index in [9.17, 15) is 15.0 Å². The van der Waals surface area contributed by atoms with Gasteiger partial charge in [-0.25, -0.2) is 4.79 Å². The van der Waals surface area contributed by atoms with Crippen molar-refractivity contribution in [2.75, 3.05) is 0 Å². The van der Waals surface area contributed by atoms with Crippen molar-refractivity contribution < 1.29 is 47.7 Å². The molecule has 4 heteroatoms. The molecule has 0 bridgehead atoms. The summed E-state index contributed by atoms with van der Waals surface area (Å²) >= 11 is 0. The second-order valence-electron chi connectivity index (χ2n) is 6.73. The quantitative estimate of drug-likeness (QED) is 0.821. The molecule has 0 aliphatic carbocycles. The molecule has 0 heterocycles. The Labute approximate surface area is 140 Å². The molecule has 0 fully saturated rings. The van der Waals surface area contributed by atoms with E-state index in [4.69, 9.17) is 0 Å². The van der Waals surface area contributed by atoms with Crippen molar-refractivity contribution >= 4 is 5.97 Å². The molecule has 0 aliphatic rings. The minimum Gasteiger partial charge on any atom is -0.507 e. The summed E-state index contributed by atoms with van der Waals surface area (Å²) in [7, 11) is 0. The molecule has 19 heavy (non-hydrogen) atoms. The molecule has 0 spiro atoms. The third kappa shape index (κ3) is 4.29. The van der Waals surface area contributed by atoms with Gasteiger partial charge in [0, 0.05) is 38.3 Å². The normalized spacial score (nSPS) is 11.9. The number of carboxylic acid groups (broad SMARTS) is 1. The standard InChI is InChI=1S/C15H22O3.Y/c1-14(2,3)9-7-10(13(17)18)12(16)11(8-9)15(4,5)6;/h7-8,16H,1-6H3,(H,17,18);. The summed E-state index contributed by atoms with van der Waals surface area (Å²) in [5, 5.41) is 19.3. The van der Waals surface area contributed by atoms with Crippen molar-refractivity contribution in [2.24, 2.45) is 0 Å². The van der Waals surface area contributed by atoms with Crippen molar-refractivity contribution in [3.05, 3.63) is 28.8 Å². The molecule has 103 valence electrons. The summed E-state index contributed by atoms with van der Waals surface area (Å²) in [5.41, 5.74) is 1.12. The molecule has 1 radical (unpaired) electrons. The molecule has 1 aromatic rings. The maximum Gasteiger partial charge on any atom is 0.339 e. The van der Waals surface area contributed by atoms with Crippen LogP contribution in [0, 0.1) is 0 Å². The fraction of sp³-hybridized carbons (Fsp3) is 0.533. The first-order valence-corrected chi connectivity index (χ1v) is 6.06. The number of carboxylic acids is 1. The molecule has 0 aromatic heterocycles. The molecule has 0 unspecified atom stereocenters. The first-order chi connectivity index (χ1) is 7.94. The molecule has 0 saturated heterocycles. The van der Waals surface area contributed by atoms with E-state index in [2.05, 4.69) is 0 Å². The Bertz CT molecular complexity index is 479. The van der Waals surface area contributed by atoms with E-state index in [-0.39, 0.29) is 54.9 Å². The summed E-state index contributed by atoms with van der Waals surface area (Å²) in [4.78, 5) is 11.2. The molecule has 2 N–H and O–H groups in total. The number of benzene rings is 1. The van der Waals surface area contributed by atoms with Gasteiger partial charge in [0.25, 0.3) is 0 Å². The molecule has 0 atom stereocenters. The van der Waals surface area contributed by atoms with Crippen LogP contribution >= 0.6 is 0 Å². The van der Waals surface area contributed by atoms with Crippen LogP contribution in [-0.4, -0.2) is 16.2 Å². The van der Waals surface area contributed by atoms with Crippen LogP contribution < -0.4 is 0 Å². The minimum atomic E-state index is -1.09. The van der Waals surface area contributed by atoms with Gasteiger partial charge in [0.15, 0.2) is 0 Å². The fourth-order valence-electron chi connectivity index (χ4n) is 1.80. The minimum absolute atomic E-state index is 0. The predicted octanol–water partition coefficient (Wildman–Crippen LogP) is 3.68. The zero-order valence-electron chi connectivity index (χ0n) is 12.5. The van der Waals surface area contributed by atoms with Crippen molar-refractivity contribution in [1.82, 2.24) is 0 Å². The van der Waals surface area contributed by atoms with Gasteiger partial charge in [-0.2, -0.15) is 0 Å². The van der Waals surface area contributed by atoms with Gasteiger partial charge in [0.1, 0.15) is 11.3 Å². The summed E-state index contributed by atoms with van der Waals surface area (Å²) in [6.45, 7) is 12.0. The van der Waals surface area contributed by atoms with Gasteiger partial charge in [-0.15, -0.1) is 0 Å². The first-order valence-electron chi connectivity index (χ1n) is 6.06. The number of rotatable bonds is 1. The molecular formula is C15H22O3Y. The van der Waals surface area contributed by atoms with Crippen LogP contribution in [0.2, 0.25) is 0 Å². The van der Waals surface area contributed by atoms with E-state index in [1.54, 1.807) is 6.07 Å². The largest absolute Gasteiger partial charge is 0.507 e. The van der Waals surface area contributed by atoms with E-state index in [1.807, 2.05) is 47.6 Å². The van der Waals surface area contributed by atoms with Crippen LogP contribution in [0.15, 0.2) is 12.1 Å². The number of hydrogen-bond acceptors (Lipinski definition) is 2. The van der Waals surface area contributed by atoms with Crippen molar-refractivity contribution in [2.45, 2.75) is 52.4 Å². The van der Waals surface area contributed by atoms with E-state index < -0.39 is 5.97 Å². The van der Waals surface area contributed by atoms with Gasteiger partial charge in [-0.05, 0) is 22.5 Å². The molecule has 3 nitrogen and oxygen atoms in total. The Morgan fingerprint density at radius 1 is 1.00 bits per heavy atom. The van der Waals surface area contributed by atoms with Gasteiger partial charge >= 0.3 is 5.97 Å². The van der Waals surface area contributed by atoms with Crippen molar-refractivity contribution in [3.63, 3.8) is 0 Å². The summed E-state index contributed by atoms with van der Waals surface area (Å²) in [6, 6.07) is 3.47. The molecule has 1 aromatic carbocycles. The van der Waals surface area contributed by atoms with Gasteiger partial charge in [-0.1, -0.05) is 47.6 Å². The summed E-state index contributed by atoms with van der Waals surface area (Å²) < 4.78 is 0. The topological polar surface area (TPSA) is 57.5 Å². The van der Waals surface area contributed by atoms with Crippen LogP contribution in [0.5, 0.6) is 5.75 Å². The number of hydrogen-bond donors (Lipinski definition) is 2. The monoisotopic (exact) mass is 339 g/mol. The maximum absolute atomic E-state index is 11.2. The van der Waals surface area contributed by atoms with Gasteiger partial charge in [0.05, 0.1) is 0 Å². The van der Waals surface area contributed by atoms with Gasteiger partial charge in [-0.3, -0.25) is 0 Å². The molecular weight excluding hydrogens is 317 g/mol. The Hall–Kier alpha value is -0.406. The van der Waals surface area contributed by atoms with Crippen LogP contribution in [0.3, 0.4) is 0 Å². The van der Waals surface area contributed by atoms with Crippen molar-refractivity contribution in [1.29, 1.82) is 0 Å². The SMILES string of the molecule is CC(C)(C)c1cc(C(=O)O)c(O)c(C(C)(C)C)c1.[Y]. The molecule has 0 amide bonds. The zero-order valence-corrected chi connectivity index (χ0v) is 15.4. The Morgan fingerprint density at radius 2 is 1.47 bits per heavy atom. The Kier molecular flexibility index (Phi) is 5.80. The number of aromatic carboxylic acids is 1. The van der Waals surface area contributed by atoms with Gasteiger partial charge < -0.3 is 10.2 Å². The third-order valence-corrected chi connectivity index (χ3v) is 3.01. The summed E-state index contributed by atoms with van der Waals surface area (Å²) in [6.07, 6.45) is 0. The van der Waals surface area contributed by atoms with Crippen LogP contribution in [0.4, 0.5) is 0 Å². The maximum atomic E-state index is 11.2. The predicted molar refractivity (Wildman–Crippen MR) is 72.5 cm³/mol. The molecule has 0 saturated carbocycles. The Balaban J connectivity index is 0.00000324. The molecule has 0 aliphatic heterocycles. The second kappa shape index (κ2) is 5.93. The van der Waals surface area contributed by atoms with E-state index in [1.165, 1.54) is 0 Å². The number of carbonyl (C=O) groups is 1. The second-order valence-corrected chi connectivity index (χ2v) is 6.73. The Morgan fingerprint density at radius 3 is 1.79 bits per heavy atom. The van der Waals surface area contributed by atoms with Gasteiger partial charge in [0.2, 0.25) is 0 Å². The van der Waals surface area contributed by atoms with Crippen LogP contribution in [0.1, 0.15) is 63.0 Å². The van der Waals surface area contributed by atoms with E-state index in [0.29, 0.717) is 5.56 Å². The van der Waals surface area contributed by atoms with Crippen LogP contribution in [0.25, 0.3) is 0 Å². The number of phenols is 1. The molecule has 1 rings (SSSR count). The average Bonchev–Trinajstić information content (AvgIpc) is 2.13. The first kappa shape index (κ1) is 18.6. The average molecular weight is 339 g/mol. The van der Waals surface area contributed by atoms with Crippen molar-refractivity contribution in [3.8, 4) is 5.75 Å². The smallest absolute Gasteiger partial charge is 0.339 e.